The van der Waals surface area contributed by atoms with Gasteiger partial charge in [0.15, 0.2) is 5.84 Å². The highest BCUT2D eigenvalue weighted by Crippen LogP contribution is 2.45. The second-order valence-electron chi connectivity index (χ2n) is 16.1. The summed E-state index contributed by atoms with van der Waals surface area (Å²) in [6.45, 7) is 0. The van der Waals surface area contributed by atoms with E-state index in [0.29, 0.717) is 5.84 Å². The molecule has 0 spiro atoms. The smallest absolute Gasteiger partial charge is 0.159 e. The second kappa shape index (κ2) is 13.6. The lowest BCUT2D eigenvalue weighted by Gasteiger charge is -2.24. The summed E-state index contributed by atoms with van der Waals surface area (Å²) in [7, 11) is 0. The van der Waals surface area contributed by atoms with Crippen molar-refractivity contribution in [1.82, 2.24) is 5.32 Å². The Morgan fingerprint density at radius 3 is 1.90 bits per heavy atom. The van der Waals surface area contributed by atoms with Crippen LogP contribution in [-0.4, -0.2) is 11.7 Å². The van der Waals surface area contributed by atoms with Crippen molar-refractivity contribution in [1.29, 1.82) is 0 Å². The monoisotopic (exact) mass is 793 g/mol. The van der Waals surface area contributed by atoms with Gasteiger partial charge in [-0.15, -0.1) is 0 Å². The number of furan rings is 2. The molecule has 12 aromatic rings. The quantitative estimate of drug-likeness (QED) is 0.177. The predicted octanol–water partition coefficient (Wildman–Crippen LogP) is 14.8. The van der Waals surface area contributed by atoms with Crippen molar-refractivity contribution < 1.29 is 8.83 Å². The minimum absolute atomic E-state index is 0.353. The Hall–Kier alpha value is -8.28. The maximum atomic E-state index is 6.71. The summed E-state index contributed by atoms with van der Waals surface area (Å²) in [6.07, 6.45) is -0.353. The SMILES string of the molecule is c1ccc(C2N=C(c3cc(-c4cc(-c5cccc6c5oc5ccccc56)cc5oc6ccccc6c45)c4ccccc4c3)N=C(c3ccc4ccc5ccccc5c4c3)N2)cc1. The van der Waals surface area contributed by atoms with Gasteiger partial charge in [0.05, 0.1) is 0 Å². The van der Waals surface area contributed by atoms with E-state index in [9.17, 15) is 0 Å². The third kappa shape index (κ3) is 5.49. The molecule has 0 radical (unpaired) electrons. The molecular weight excluding hydrogens is 759 g/mol. The number of para-hydroxylation sites is 3. The summed E-state index contributed by atoms with van der Waals surface area (Å²) in [6, 6.07) is 70.5. The first-order chi connectivity index (χ1) is 30.7. The van der Waals surface area contributed by atoms with E-state index in [1.807, 2.05) is 30.3 Å². The molecule has 13 rings (SSSR count). The Labute approximate surface area is 355 Å². The second-order valence-corrected chi connectivity index (χ2v) is 16.1. The number of aliphatic imine (C=N–C) groups is 2. The highest BCUT2D eigenvalue weighted by Gasteiger charge is 2.24. The molecule has 62 heavy (non-hydrogen) atoms. The van der Waals surface area contributed by atoms with Gasteiger partial charge in [0.2, 0.25) is 0 Å². The van der Waals surface area contributed by atoms with Gasteiger partial charge in [-0.25, -0.2) is 9.98 Å². The minimum atomic E-state index is -0.353. The van der Waals surface area contributed by atoms with Crippen LogP contribution in [0.15, 0.2) is 219 Å². The largest absolute Gasteiger partial charge is 0.456 e. The van der Waals surface area contributed by atoms with Crippen LogP contribution in [0.4, 0.5) is 0 Å². The van der Waals surface area contributed by atoms with Crippen LogP contribution in [0, 0.1) is 0 Å². The first-order valence-electron chi connectivity index (χ1n) is 21.0. The van der Waals surface area contributed by atoms with E-state index in [0.717, 1.165) is 99.4 Å². The van der Waals surface area contributed by atoms with Crippen molar-refractivity contribution in [2.45, 2.75) is 6.17 Å². The lowest BCUT2D eigenvalue weighted by molar-refractivity contribution is 0.668. The fourth-order valence-corrected chi connectivity index (χ4v) is 9.54. The van der Waals surface area contributed by atoms with E-state index in [4.69, 9.17) is 18.8 Å². The molecule has 1 N–H and O–H groups in total. The Morgan fingerprint density at radius 2 is 1.05 bits per heavy atom. The van der Waals surface area contributed by atoms with Gasteiger partial charge in [0, 0.05) is 38.2 Å². The van der Waals surface area contributed by atoms with Gasteiger partial charge >= 0.3 is 0 Å². The molecule has 1 atom stereocenters. The van der Waals surface area contributed by atoms with E-state index in [1.54, 1.807) is 0 Å². The molecule has 0 aliphatic carbocycles. The number of nitrogens with zero attached hydrogens (tertiary/aromatic N) is 2. The topological polar surface area (TPSA) is 63.0 Å². The molecule has 1 aliphatic rings. The van der Waals surface area contributed by atoms with Crippen molar-refractivity contribution in [3.63, 3.8) is 0 Å². The van der Waals surface area contributed by atoms with Gasteiger partial charge in [-0.05, 0) is 97.0 Å². The van der Waals surface area contributed by atoms with E-state index < -0.39 is 0 Å². The Morgan fingerprint density at radius 1 is 0.387 bits per heavy atom. The highest BCUT2D eigenvalue weighted by atomic mass is 16.3. The average Bonchev–Trinajstić information content (AvgIpc) is 3.92. The summed E-state index contributed by atoms with van der Waals surface area (Å²) in [5, 5.41) is 15.0. The third-order valence-corrected chi connectivity index (χ3v) is 12.5. The van der Waals surface area contributed by atoms with Crippen molar-refractivity contribution in [3.05, 3.63) is 217 Å². The number of nitrogens with one attached hydrogen (secondary N) is 1. The maximum Gasteiger partial charge on any atom is 0.159 e. The Bertz CT molecular complexity index is 3850. The maximum absolute atomic E-state index is 6.71. The molecule has 3 heterocycles. The van der Waals surface area contributed by atoms with Crippen LogP contribution in [0.1, 0.15) is 22.9 Å². The van der Waals surface area contributed by atoms with Crippen LogP contribution in [0.5, 0.6) is 0 Å². The predicted molar refractivity (Wildman–Crippen MR) is 256 cm³/mol. The standard InChI is InChI=1S/C57H35N3O2/c1-2-14-36(15-3-1)55-58-56(38-28-27-35-26-25-34-13-4-6-17-41(34)47(35)30-38)60-57(59-55)40-29-37-16-5-7-18-42(37)48(32-40)49-31-39(33-52-53(49)46-20-9-11-24-51(46)61-52)43-21-12-22-45-44-19-8-10-23-50(44)62-54(43)45/h1-33,55H,(H,58,59,60). The molecule has 290 valence electrons. The zero-order valence-corrected chi connectivity index (χ0v) is 33.3. The van der Waals surface area contributed by atoms with Crippen LogP contribution in [0.3, 0.4) is 0 Å². The van der Waals surface area contributed by atoms with Gasteiger partial charge in [0.25, 0.3) is 0 Å². The molecule has 5 nitrogen and oxygen atoms in total. The number of rotatable bonds is 5. The Kier molecular flexibility index (Phi) is 7.60. The molecular formula is C57H35N3O2. The van der Waals surface area contributed by atoms with Crippen molar-refractivity contribution in [2.24, 2.45) is 9.98 Å². The molecule has 2 aromatic heterocycles. The lowest BCUT2D eigenvalue weighted by atomic mass is 9.89. The molecule has 5 heteroatoms. The van der Waals surface area contributed by atoms with E-state index in [1.165, 1.54) is 21.5 Å². The summed E-state index contributed by atoms with van der Waals surface area (Å²) in [4.78, 5) is 10.7. The van der Waals surface area contributed by atoms with E-state index in [2.05, 4.69) is 175 Å². The lowest BCUT2D eigenvalue weighted by Crippen LogP contribution is -2.33. The normalized spacial score (nSPS) is 14.3. The van der Waals surface area contributed by atoms with Crippen molar-refractivity contribution in [2.75, 3.05) is 0 Å². The van der Waals surface area contributed by atoms with Crippen LogP contribution in [-0.2, 0) is 0 Å². The summed E-state index contributed by atoms with van der Waals surface area (Å²) in [5.74, 6) is 1.44. The molecule has 0 bridgehead atoms. The zero-order chi connectivity index (χ0) is 40.7. The van der Waals surface area contributed by atoms with E-state index in [-0.39, 0.29) is 6.17 Å². The fourth-order valence-electron chi connectivity index (χ4n) is 9.54. The van der Waals surface area contributed by atoms with Crippen LogP contribution >= 0.6 is 0 Å². The van der Waals surface area contributed by atoms with Crippen molar-refractivity contribution >= 4 is 87.9 Å². The average molecular weight is 794 g/mol. The first-order valence-corrected chi connectivity index (χ1v) is 21.0. The number of benzene rings is 10. The Balaban J connectivity index is 1.05. The molecule has 0 fully saturated rings. The summed E-state index contributed by atoms with van der Waals surface area (Å²) in [5.41, 5.74) is 10.5. The van der Waals surface area contributed by atoms with Crippen LogP contribution in [0.2, 0.25) is 0 Å². The number of fused-ring (bicyclic) bond motifs is 10. The van der Waals surface area contributed by atoms with Crippen LogP contribution in [0.25, 0.3) is 98.4 Å². The number of hydrogen-bond acceptors (Lipinski definition) is 5. The highest BCUT2D eigenvalue weighted by molar-refractivity contribution is 6.21. The molecule has 10 aromatic carbocycles. The molecule has 0 saturated carbocycles. The molecule has 0 amide bonds. The number of amidine groups is 2. The van der Waals surface area contributed by atoms with Gasteiger partial charge in [0.1, 0.15) is 34.3 Å². The summed E-state index contributed by atoms with van der Waals surface area (Å²) >= 11 is 0. The molecule has 1 unspecified atom stereocenters. The van der Waals surface area contributed by atoms with Gasteiger partial charge in [-0.2, -0.15) is 0 Å². The molecule has 1 aliphatic heterocycles. The van der Waals surface area contributed by atoms with Gasteiger partial charge in [-0.3, -0.25) is 0 Å². The van der Waals surface area contributed by atoms with E-state index >= 15 is 0 Å². The summed E-state index contributed by atoms with van der Waals surface area (Å²) < 4.78 is 13.3. The zero-order valence-electron chi connectivity index (χ0n) is 33.3. The third-order valence-electron chi connectivity index (χ3n) is 12.5. The fraction of sp³-hybridized carbons (Fsp3) is 0.0175. The van der Waals surface area contributed by atoms with Gasteiger partial charge < -0.3 is 14.2 Å². The minimum Gasteiger partial charge on any atom is -0.456 e. The van der Waals surface area contributed by atoms with Gasteiger partial charge in [-0.1, -0.05) is 158 Å². The number of hydrogen-bond donors (Lipinski definition) is 1. The van der Waals surface area contributed by atoms with Crippen molar-refractivity contribution in [3.8, 4) is 22.3 Å². The van der Waals surface area contributed by atoms with Crippen LogP contribution < -0.4 is 5.32 Å². The first kappa shape index (κ1) is 34.6. The molecule has 0 saturated heterocycles.